The van der Waals surface area contributed by atoms with E-state index in [2.05, 4.69) is 9.97 Å². The Balaban J connectivity index is -0.000000233. The standard InChI is InChI=1S/2C4H3NO2S.Co.2H2O/c2*6-4(7)3-5-1-2-8-3;;;/h2*1-2H,(H,6,7);;2*1H2/q;;+2;;. The van der Waals surface area contributed by atoms with Crippen LogP contribution in [0.15, 0.2) is 23.2 Å². The molecule has 0 unspecified atom stereocenters. The molecule has 1 radical (unpaired) electrons. The third-order valence-corrected chi connectivity index (χ3v) is 2.72. The van der Waals surface area contributed by atoms with Gasteiger partial charge in [0.05, 0.1) is 0 Å². The minimum absolute atomic E-state index is 0. The number of nitrogens with zero attached hydrogens (tertiary/aromatic N) is 2. The summed E-state index contributed by atoms with van der Waals surface area (Å²) in [5, 5.41) is 23.0. The van der Waals surface area contributed by atoms with Gasteiger partial charge in [-0.15, -0.1) is 22.7 Å². The molecule has 0 saturated heterocycles. The summed E-state index contributed by atoms with van der Waals surface area (Å²) in [5.41, 5.74) is 0. The fourth-order valence-corrected chi connectivity index (χ4v) is 1.59. The summed E-state index contributed by atoms with van der Waals surface area (Å²) >= 11 is 2.12. The minimum atomic E-state index is -1.21. The molecule has 0 amide bonds. The maximum Gasteiger partial charge on any atom is 2.00 e. The minimum Gasteiger partial charge on any atom is -0.542 e. The number of carboxylic acid groups (broad SMARTS) is 2. The van der Waals surface area contributed by atoms with Crippen LogP contribution >= 0.6 is 22.7 Å². The van der Waals surface area contributed by atoms with Gasteiger partial charge in [0.25, 0.3) is 0 Å². The molecular formula is C8H10CoN2O6S2+2. The summed E-state index contributed by atoms with van der Waals surface area (Å²) < 4.78 is 0. The Labute approximate surface area is 125 Å². The first-order valence-electron chi connectivity index (χ1n) is 3.83. The van der Waals surface area contributed by atoms with E-state index in [4.69, 9.17) is 0 Å². The molecule has 0 aromatic carbocycles. The van der Waals surface area contributed by atoms with Crippen molar-refractivity contribution >= 4 is 34.6 Å². The third kappa shape index (κ3) is 8.36. The second-order valence-electron chi connectivity index (χ2n) is 2.25. The number of hydrogen-bond donors (Lipinski definition) is 0. The number of hydrogen-bond acceptors (Lipinski definition) is 8. The zero-order chi connectivity index (χ0) is 12.0. The number of aromatic nitrogens is 2. The van der Waals surface area contributed by atoms with Gasteiger partial charge in [-0.3, -0.25) is 0 Å². The van der Waals surface area contributed by atoms with Crippen molar-refractivity contribution < 1.29 is 47.5 Å². The molecule has 8 nitrogen and oxygen atoms in total. The summed E-state index contributed by atoms with van der Waals surface area (Å²) in [7, 11) is 0. The smallest absolute Gasteiger partial charge is 0.542 e. The van der Waals surface area contributed by atoms with Gasteiger partial charge in [0.15, 0.2) is 0 Å². The van der Waals surface area contributed by atoms with E-state index in [1.165, 1.54) is 12.4 Å². The molecule has 0 aliphatic rings. The normalized spacial score (nSPS) is 7.58. The summed E-state index contributed by atoms with van der Waals surface area (Å²) in [6.07, 6.45) is 2.85. The number of thiazole rings is 2. The SMILES string of the molecule is O=C([O-])c1nccs1.O=C([O-])c1nccs1.[Co+2].[OH3+].[OH3+]. The van der Waals surface area contributed by atoms with E-state index in [0.717, 1.165) is 22.7 Å². The van der Waals surface area contributed by atoms with Crippen molar-refractivity contribution in [2.24, 2.45) is 0 Å². The average molecular weight is 353 g/mol. The Bertz CT molecular complexity index is 417. The van der Waals surface area contributed by atoms with E-state index in [1.807, 2.05) is 0 Å². The zero-order valence-electron chi connectivity index (χ0n) is 9.14. The Hall–Kier alpha value is -1.37. The Morgan fingerprint density at radius 1 is 0.895 bits per heavy atom. The molecule has 6 N–H and O–H groups in total. The molecule has 2 aromatic heterocycles. The van der Waals surface area contributed by atoms with Gasteiger partial charge < -0.3 is 30.8 Å². The summed E-state index contributed by atoms with van der Waals surface area (Å²) in [6, 6.07) is 0. The van der Waals surface area contributed by atoms with Crippen molar-refractivity contribution in [3.63, 3.8) is 0 Å². The second-order valence-corrected chi connectivity index (χ2v) is 4.04. The van der Waals surface area contributed by atoms with Crippen molar-refractivity contribution in [2.75, 3.05) is 0 Å². The molecule has 0 atom stereocenters. The molecule has 0 spiro atoms. The van der Waals surface area contributed by atoms with Crippen LogP contribution in [0.2, 0.25) is 0 Å². The van der Waals surface area contributed by atoms with Crippen molar-refractivity contribution in [3.05, 3.63) is 33.2 Å². The van der Waals surface area contributed by atoms with Gasteiger partial charge in [0, 0.05) is 23.2 Å². The first-order chi connectivity index (χ1) is 7.61. The number of carbonyl (C=O) groups excluding carboxylic acids is 2. The summed E-state index contributed by atoms with van der Waals surface area (Å²) in [4.78, 5) is 26.7. The molecule has 107 valence electrons. The molecule has 2 aromatic rings. The topological polar surface area (TPSA) is 172 Å². The fourth-order valence-electron chi connectivity index (χ4n) is 0.649. The molecule has 0 bridgehead atoms. The largest absolute Gasteiger partial charge is 2.00 e. The molecule has 0 saturated carbocycles. The van der Waals surface area contributed by atoms with Crippen LogP contribution in [0.25, 0.3) is 0 Å². The molecule has 11 heteroatoms. The van der Waals surface area contributed by atoms with E-state index in [0.29, 0.717) is 0 Å². The molecule has 2 heterocycles. The number of carbonyl (C=O) groups is 2. The Morgan fingerprint density at radius 3 is 1.32 bits per heavy atom. The van der Waals surface area contributed by atoms with Gasteiger partial charge in [-0.1, -0.05) is 0 Å². The number of aromatic carboxylic acids is 2. The van der Waals surface area contributed by atoms with Gasteiger partial charge in [0.1, 0.15) is 22.0 Å². The maximum atomic E-state index is 9.90. The summed E-state index contributed by atoms with van der Waals surface area (Å²) in [5.74, 6) is -2.42. The van der Waals surface area contributed by atoms with E-state index in [9.17, 15) is 19.8 Å². The van der Waals surface area contributed by atoms with Crippen LogP contribution in [-0.2, 0) is 27.7 Å². The maximum absolute atomic E-state index is 9.90. The molecular weight excluding hydrogens is 343 g/mol. The molecule has 0 aliphatic carbocycles. The molecule has 0 aliphatic heterocycles. The second kappa shape index (κ2) is 11.7. The molecule has 2 rings (SSSR count). The number of rotatable bonds is 2. The predicted octanol–water partition coefficient (Wildman–Crippen LogP) is -2.83. The van der Waals surface area contributed by atoms with Crippen LogP contribution in [0.5, 0.6) is 0 Å². The van der Waals surface area contributed by atoms with Crippen LogP contribution in [0.4, 0.5) is 0 Å². The van der Waals surface area contributed by atoms with E-state index < -0.39 is 11.9 Å². The number of carboxylic acids is 2. The van der Waals surface area contributed by atoms with Crippen molar-refractivity contribution in [1.29, 1.82) is 0 Å². The predicted molar refractivity (Wildman–Crippen MR) is 62.6 cm³/mol. The van der Waals surface area contributed by atoms with Crippen LogP contribution in [0.3, 0.4) is 0 Å². The Kier molecular flexibility index (Phi) is 14.0. The first-order valence-corrected chi connectivity index (χ1v) is 5.59. The molecule has 0 fully saturated rings. The van der Waals surface area contributed by atoms with Crippen molar-refractivity contribution in [3.8, 4) is 0 Å². The van der Waals surface area contributed by atoms with Gasteiger partial charge in [-0.05, 0) is 0 Å². The average Bonchev–Trinajstić information content (AvgIpc) is 2.93. The van der Waals surface area contributed by atoms with Gasteiger partial charge >= 0.3 is 16.8 Å². The van der Waals surface area contributed by atoms with Gasteiger partial charge in [0.2, 0.25) is 0 Å². The van der Waals surface area contributed by atoms with Crippen molar-refractivity contribution in [2.45, 2.75) is 0 Å². The zero-order valence-corrected chi connectivity index (χ0v) is 11.8. The Morgan fingerprint density at radius 2 is 1.21 bits per heavy atom. The molecule has 19 heavy (non-hydrogen) atoms. The van der Waals surface area contributed by atoms with E-state index >= 15 is 0 Å². The van der Waals surface area contributed by atoms with Crippen molar-refractivity contribution in [1.82, 2.24) is 9.97 Å². The van der Waals surface area contributed by atoms with E-state index in [1.54, 1.807) is 10.8 Å². The van der Waals surface area contributed by atoms with Crippen LogP contribution in [0.1, 0.15) is 19.6 Å². The van der Waals surface area contributed by atoms with Crippen LogP contribution < -0.4 is 10.2 Å². The quantitative estimate of drug-likeness (QED) is 0.526. The van der Waals surface area contributed by atoms with E-state index in [-0.39, 0.29) is 37.7 Å². The van der Waals surface area contributed by atoms with Crippen LogP contribution in [0, 0.1) is 0 Å². The summed E-state index contributed by atoms with van der Waals surface area (Å²) in [6.45, 7) is 0. The fraction of sp³-hybridized carbons (Fsp3) is 0. The third-order valence-electron chi connectivity index (χ3n) is 1.21. The van der Waals surface area contributed by atoms with Gasteiger partial charge in [-0.2, -0.15) is 0 Å². The van der Waals surface area contributed by atoms with Crippen LogP contribution in [-0.4, -0.2) is 21.9 Å². The van der Waals surface area contributed by atoms with Gasteiger partial charge in [-0.25, -0.2) is 9.97 Å². The first kappa shape index (κ1) is 22.8. The monoisotopic (exact) mass is 353 g/mol.